The lowest BCUT2D eigenvalue weighted by atomic mass is 9.72. The summed E-state index contributed by atoms with van der Waals surface area (Å²) < 4.78 is 5.79. The van der Waals surface area contributed by atoms with Crippen LogP contribution in [-0.4, -0.2) is 110 Å². The molecule has 1 amide bonds. The number of benzene rings is 2. The predicted molar refractivity (Wildman–Crippen MR) is 208 cm³/mol. The number of rotatable bonds is 9. The lowest BCUT2D eigenvalue weighted by Crippen LogP contribution is -2.65. The lowest BCUT2D eigenvalue weighted by molar-refractivity contribution is -0.205. The number of fused-ring (bicyclic) bond motifs is 1. The fraction of sp³-hybridized carbons (Fsp3) is 0.575. The van der Waals surface area contributed by atoms with Crippen LogP contribution in [0.2, 0.25) is 5.02 Å². The van der Waals surface area contributed by atoms with Crippen molar-refractivity contribution >= 4 is 58.2 Å². The fourth-order valence-corrected chi connectivity index (χ4v) is 9.34. The molecule has 2 aliphatic heterocycles. The summed E-state index contributed by atoms with van der Waals surface area (Å²) in [7, 11) is 1.94. The van der Waals surface area contributed by atoms with Crippen LogP contribution in [0.4, 0.5) is 0 Å². The van der Waals surface area contributed by atoms with Gasteiger partial charge in [-0.15, -0.1) is 23.4 Å². The SMILES string of the molecule is CCC[C@@H]1C[C@@H](C(=O)N[C@@H]([C@H]2O[C@H](SC)[C@H](O)[C@@H](O)[C@H]2O)[C@H](C)Cl)N(C)C1.O=C1C(=O)c2ccccc2C(O)=C1C1CCC(c2ccc(Cl)cc2)CC1. The first-order valence-corrected chi connectivity index (χ1v) is 20.6. The van der Waals surface area contributed by atoms with Gasteiger partial charge in [-0.25, -0.2) is 0 Å². The molecular formula is C40H52Cl2N2O8S. The van der Waals surface area contributed by atoms with Gasteiger partial charge in [-0.3, -0.25) is 19.3 Å². The molecule has 0 aromatic heterocycles. The van der Waals surface area contributed by atoms with Crippen LogP contribution >= 0.6 is 35.0 Å². The zero-order chi connectivity index (χ0) is 38.6. The number of alkyl halides is 1. The van der Waals surface area contributed by atoms with Crippen LogP contribution < -0.4 is 5.32 Å². The molecule has 6 rings (SSSR count). The highest BCUT2D eigenvalue weighted by Gasteiger charge is 2.48. The molecule has 0 unspecified atom stereocenters. The van der Waals surface area contributed by atoms with E-state index in [0.717, 1.165) is 56.5 Å². The number of nitrogens with one attached hydrogen (secondary N) is 1. The Hall–Kier alpha value is -2.48. The van der Waals surface area contributed by atoms with Crippen molar-refractivity contribution in [1.82, 2.24) is 10.2 Å². The molecule has 1 saturated carbocycles. The maximum Gasteiger partial charge on any atom is 0.237 e. The normalized spacial score (nSPS) is 31.7. The summed E-state index contributed by atoms with van der Waals surface area (Å²) in [5.74, 6) is -0.358. The Morgan fingerprint density at radius 1 is 0.962 bits per heavy atom. The second kappa shape index (κ2) is 18.4. The molecule has 0 radical (unpaired) electrons. The number of carbonyl (C=O) groups excluding carboxylic acids is 3. The first-order chi connectivity index (χ1) is 25.3. The molecule has 5 N–H and O–H groups in total. The Morgan fingerprint density at radius 2 is 1.58 bits per heavy atom. The molecule has 0 spiro atoms. The molecule has 2 aliphatic carbocycles. The van der Waals surface area contributed by atoms with Gasteiger partial charge in [0.15, 0.2) is 0 Å². The lowest BCUT2D eigenvalue weighted by Gasteiger charge is -2.44. The van der Waals surface area contributed by atoms with Crippen molar-refractivity contribution in [3.63, 3.8) is 0 Å². The highest BCUT2D eigenvalue weighted by atomic mass is 35.5. The minimum atomic E-state index is -1.36. The van der Waals surface area contributed by atoms with Gasteiger partial charge >= 0.3 is 0 Å². The number of aliphatic hydroxyl groups is 4. The molecule has 3 fully saturated rings. The van der Waals surface area contributed by atoms with E-state index in [1.165, 1.54) is 17.3 Å². The number of amides is 1. The van der Waals surface area contributed by atoms with Gasteiger partial charge in [-0.2, -0.15) is 0 Å². The Balaban J connectivity index is 0.000000204. The van der Waals surface area contributed by atoms with Crippen molar-refractivity contribution in [3.05, 3.63) is 75.8 Å². The zero-order valence-corrected chi connectivity index (χ0v) is 33.0. The molecule has 2 aromatic carbocycles. The number of Topliss-reactive ketones (excluding diaryl/α,β-unsaturated/α-hetero) is 2. The Kier molecular flexibility index (Phi) is 14.5. The molecule has 0 bridgehead atoms. The second-order valence-corrected chi connectivity index (χ2v) is 16.9. The van der Waals surface area contributed by atoms with Crippen molar-refractivity contribution in [3.8, 4) is 0 Å². The van der Waals surface area contributed by atoms with Gasteiger partial charge in [-0.1, -0.05) is 61.3 Å². The van der Waals surface area contributed by atoms with E-state index in [0.29, 0.717) is 28.5 Å². The van der Waals surface area contributed by atoms with E-state index in [1.807, 2.05) is 24.1 Å². The Labute approximate surface area is 326 Å². The molecule has 2 aromatic rings. The average molecular weight is 792 g/mol. The van der Waals surface area contributed by atoms with Gasteiger partial charge in [0.2, 0.25) is 17.5 Å². The summed E-state index contributed by atoms with van der Waals surface area (Å²) in [6.07, 6.45) is 3.32. The number of ether oxygens (including phenoxy) is 1. The number of halogens is 2. The number of aliphatic hydroxyl groups excluding tert-OH is 4. The maximum absolute atomic E-state index is 12.9. The molecule has 10 nitrogen and oxygen atoms in total. The molecule has 9 atom stereocenters. The number of hydrogen-bond donors (Lipinski definition) is 5. The van der Waals surface area contributed by atoms with Crippen molar-refractivity contribution < 1.29 is 39.5 Å². The van der Waals surface area contributed by atoms with Crippen LogP contribution in [0, 0.1) is 11.8 Å². The Bertz CT molecular complexity index is 1630. The molecule has 13 heteroatoms. The van der Waals surface area contributed by atoms with Gasteiger partial charge in [0, 0.05) is 28.3 Å². The van der Waals surface area contributed by atoms with Gasteiger partial charge in [0.25, 0.3) is 0 Å². The van der Waals surface area contributed by atoms with E-state index in [9.17, 15) is 34.8 Å². The smallest absolute Gasteiger partial charge is 0.237 e. The number of ketones is 2. The number of carbonyl (C=O) groups is 3. The number of nitrogens with zero attached hydrogens (tertiary/aromatic N) is 1. The number of hydrogen-bond acceptors (Lipinski definition) is 10. The van der Waals surface area contributed by atoms with Crippen LogP contribution in [0.3, 0.4) is 0 Å². The summed E-state index contributed by atoms with van der Waals surface area (Å²) in [4.78, 5) is 40.0. The molecule has 53 heavy (non-hydrogen) atoms. The third kappa shape index (κ3) is 9.32. The Morgan fingerprint density at radius 3 is 2.19 bits per heavy atom. The molecule has 2 heterocycles. The van der Waals surface area contributed by atoms with Gasteiger partial charge in [0.1, 0.15) is 35.6 Å². The highest BCUT2D eigenvalue weighted by molar-refractivity contribution is 7.99. The summed E-state index contributed by atoms with van der Waals surface area (Å²) in [6, 6.07) is 13.7. The zero-order valence-electron chi connectivity index (χ0n) is 30.7. The minimum absolute atomic E-state index is 0.0138. The van der Waals surface area contributed by atoms with Crippen molar-refractivity contribution in [2.75, 3.05) is 19.8 Å². The molecule has 2 saturated heterocycles. The number of allylic oxidation sites excluding steroid dienone is 1. The average Bonchev–Trinajstić information content (AvgIpc) is 3.53. The molecule has 290 valence electrons. The van der Waals surface area contributed by atoms with Crippen LogP contribution in [0.25, 0.3) is 5.76 Å². The van der Waals surface area contributed by atoms with E-state index in [-0.39, 0.29) is 23.6 Å². The third-order valence-corrected chi connectivity index (χ3v) is 12.6. The molecule has 4 aliphatic rings. The largest absolute Gasteiger partial charge is 0.507 e. The van der Waals surface area contributed by atoms with E-state index in [4.69, 9.17) is 27.9 Å². The van der Waals surface area contributed by atoms with E-state index >= 15 is 0 Å². The van der Waals surface area contributed by atoms with Crippen LogP contribution in [0.5, 0.6) is 0 Å². The van der Waals surface area contributed by atoms with E-state index < -0.39 is 52.8 Å². The standard InChI is InChI=1S/C22H19ClO3.C18H33ClN2O5S/c23-16-11-9-14(10-12-16)13-5-7-15(8-6-13)19-20(24)17-3-1-2-4-18(17)21(25)22(19)26;1-5-6-10-7-11(21(3)8-10)17(25)20-12(9(2)19)16-14(23)13(22)15(24)18(26-16)27-4/h1-4,9-13,15,24H,5-8H2;9-16,18,22-24H,5-8H2,1-4H3,(H,20,25)/t;9-,10+,11-,12+,13-,14+,15+,16+,18+/m.0/s1. The number of likely N-dealkylation sites (tertiary alicyclic amines) is 1. The van der Waals surface area contributed by atoms with Crippen LogP contribution in [0.1, 0.15) is 86.2 Å². The first-order valence-electron chi connectivity index (χ1n) is 18.5. The van der Waals surface area contributed by atoms with E-state index in [2.05, 4.69) is 24.4 Å². The summed E-state index contributed by atoms with van der Waals surface area (Å²) in [5, 5.41) is 44.4. The topological polar surface area (TPSA) is 157 Å². The van der Waals surface area contributed by atoms with Gasteiger partial charge < -0.3 is 30.5 Å². The minimum Gasteiger partial charge on any atom is -0.507 e. The number of thioether (sulfide) groups is 1. The number of likely N-dealkylation sites (N-methyl/N-ethyl adjacent to an activating group) is 1. The third-order valence-electron chi connectivity index (χ3n) is 11.2. The van der Waals surface area contributed by atoms with Crippen molar-refractivity contribution in [1.29, 1.82) is 0 Å². The van der Waals surface area contributed by atoms with Crippen LogP contribution in [-0.2, 0) is 14.3 Å². The van der Waals surface area contributed by atoms with Crippen molar-refractivity contribution in [2.45, 2.75) is 112 Å². The maximum atomic E-state index is 12.9. The molecular weight excluding hydrogens is 739 g/mol. The highest BCUT2D eigenvalue weighted by Crippen LogP contribution is 2.42. The predicted octanol–water partition coefficient (Wildman–Crippen LogP) is 5.74. The van der Waals surface area contributed by atoms with Gasteiger partial charge in [-0.05, 0) is 94.2 Å². The van der Waals surface area contributed by atoms with Crippen LogP contribution in [0.15, 0.2) is 54.1 Å². The fourth-order valence-electron chi connectivity index (χ4n) is 8.33. The van der Waals surface area contributed by atoms with Crippen molar-refractivity contribution in [2.24, 2.45) is 11.8 Å². The summed E-state index contributed by atoms with van der Waals surface area (Å²) >= 11 is 13.5. The first kappa shape index (κ1) is 41.7. The second-order valence-electron chi connectivity index (χ2n) is 14.8. The quantitative estimate of drug-likeness (QED) is 0.157. The monoisotopic (exact) mass is 790 g/mol. The summed E-state index contributed by atoms with van der Waals surface area (Å²) in [6.45, 7) is 4.74. The van der Waals surface area contributed by atoms with E-state index in [1.54, 1.807) is 37.4 Å². The summed E-state index contributed by atoms with van der Waals surface area (Å²) in [5.41, 5.74) is 1.64. The van der Waals surface area contributed by atoms with Gasteiger partial charge in [0.05, 0.1) is 17.5 Å².